The fraction of sp³-hybridized carbons (Fsp3) is 0.906. The highest BCUT2D eigenvalue weighted by molar-refractivity contribution is 5.66. The van der Waals surface area contributed by atoms with E-state index >= 15 is 0 Å². The quantitative estimate of drug-likeness (QED) is 0.328. The van der Waals surface area contributed by atoms with Crippen LogP contribution in [0.1, 0.15) is 113 Å². The Morgan fingerprint density at radius 2 is 1.64 bits per heavy atom. The van der Waals surface area contributed by atoms with Gasteiger partial charge in [0.1, 0.15) is 6.10 Å². The van der Waals surface area contributed by atoms with Crippen molar-refractivity contribution in [3.8, 4) is 0 Å². The fourth-order valence-corrected chi connectivity index (χ4v) is 11.0. The van der Waals surface area contributed by atoms with Gasteiger partial charge >= 0.3 is 5.97 Å². The van der Waals surface area contributed by atoms with E-state index in [0.29, 0.717) is 17.8 Å². The summed E-state index contributed by atoms with van der Waals surface area (Å²) in [4.78, 5) is 12.1. The Morgan fingerprint density at radius 1 is 0.944 bits per heavy atom. The van der Waals surface area contributed by atoms with Gasteiger partial charge in [-0.05, 0) is 97.2 Å². The normalized spacial score (nSPS) is 53.7. The molecule has 4 nitrogen and oxygen atoms in total. The minimum Gasteiger partial charge on any atom is -0.462 e. The van der Waals surface area contributed by atoms with Crippen LogP contribution in [0.2, 0.25) is 0 Å². The van der Waals surface area contributed by atoms with E-state index in [0.717, 1.165) is 57.8 Å². The summed E-state index contributed by atoms with van der Waals surface area (Å²) in [6.07, 6.45) is 11.8. The minimum absolute atomic E-state index is 0.00123. The van der Waals surface area contributed by atoms with Crippen LogP contribution in [0.3, 0.4) is 0 Å². The first-order valence-electron chi connectivity index (χ1n) is 14.7. The number of hydrogen-bond acceptors (Lipinski definition) is 4. The molecule has 0 aromatic rings. The van der Waals surface area contributed by atoms with Gasteiger partial charge in [-0.2, -0.15) is 0 Å². The zero-order valence-electron chi connectivity index (χ0n) is 24.2. The summed E-state index contributed by atoms with van der Waals surface area (Å²) in [6, 6.07) is 0. The first-order valence-corrected chi connectivity index (χ1v) is 14.7. The number of carbonyl (C=O) groups is 1. The summed E-state index contributed by atoms with van der Waals surface area (Å²) >= 11 is 0. The van der Waals surface area contributed by atoms with Crippen molar-refractivity contribution in [3.05, 3.63) is 11.6 Å². The van der Waals surface area contributed by atoms with E-state index in [1.807, 2.05) is 0 Å². The molecule has 10 atom stereocenters. The Morgan fingerprint density at radius 3 is 2.28 bits per heavy atom. The fourth-order valence-electron chi connectivity index (χ4n) is 11.0. The van der Waals surface area contributed by atoms with Crippen molar-refractivity contribution in [2.24, 2.45) is 50.2 Å². The summed E-state index contributed by atoms with van der Waals surface area (Å²) < 4.78 is 6.06. The van der Waals surface area contributed by atoms with Crippen molar-refractivity contribution in [2.45, 2.75) is 125 Å². The highest BCUT2D eigenvalue weighted by Gasteiger charge is 2.69. The van der Waals surface area contributed by atoms with Gasteiger partial charge in [0.05, 0.1) is 12.7 Å². The molecule has 0 amide bonds. The molecule has 5 aliphatic rings. The van der Waals surface area contributed by atoms with Crippen LogP contribution in [0.15, 0.2) is 11.6 Å². The standard InChI is InChI=1S/C32H52O4/c1-20(34)36-26-18-27(2,3)17-22-21-9-10-24-29(5)13-12-25(35)30(6,19-33)23(29)11-14-32(24,8)31(21,7)16-15-28(22,26)4/h9,22-26,33,35H,10-19H2,1-8H3/t22-,23?,24?,25-,26+,28+,29-,30+,31+,32+/m0/s1. The molecule has 0 saturated heterocycles. The van der Waals surface area contributed by atoms with Crippen LogP contribution in [0.25, 0.3) is 0 Å². The number of esters is 1. The lowest BCUT2D eigenvalue weighted by Crippen LogP contribution is -2.66. The van der Waals surface area contributed by atoms with Crippen molar-refractivity contribution in [2.75, 3.05) is 6.61 Å². The van der Waals surface area contributed by atoms with Crippen LogP contribution >= 0.6 is 0 Å². The maximum Gasteiger partial charge on any atom is 0.302 e. The number of aliphatic hydroxyl groups excluding tert-OH is 2. The monoisotopic (exact) mass is 500 g/mol. The van der Waals surface area contributed by atoms with Gasteiger partial charge in [-0.15, -0.1) is 0 Å². The van der Waals surface area contributed by atoms with E-state index in [1.54, 1.807) is 12.5 Å². The third-order valence-corrected chi connectivity index (χ3v) is 13.5. The van der Waals surface area contributed by atoms with Gasteiger partial charge < -0.3 is 14.9 Å². The highest BCUT2D eigenvalue weighted by atomic mass is 16.5. The van der Waals surface area contributed by atoms with Crippen LogP contribution in [0, 0.1) is 50.2 Å². The molecule has 0 bridgehead atoms. The SMILES string of the molecule is CC(=O)O[C@@H]1CC(C)(C)C[C@H]2C3=CCC4[C@@]5(C)CC[C@H](O)[C@](C)(CO)C5CC[C@@]4(C)[C@]3(C)CC[C@@]12C. The summed E-state index contributed by atoms with van der Waals surface area (Å²) in [6.45, 7) is 18.6. The number of aliphatic hydroxyl groups is 2. The van der Waals surface area contributed by atoms with Gasteiger partial charge in [-0.25, -0.2) is 0 Å². The average Bonchev–Trinajstić information content (AvgIpc) is 2.78. The predicted octanol–water partition coefficient (Wildman–Crippen LogP) is 6.68. The maximum atomic E-state index is 12.1. The Labute approximate surface area is 219 Å². The Balaban J connectivity index is 1.57. The molecule has 0 spiro atoms. The summed E-state index contributed by atoms with van der Waals surface area (Å²) in [7, 11) is 0. The van der Waals surface area contributed by atoms with Crippen LogP contribution in [-0.2, 0) is 9.53 Å². The molecule has 4 saturated carbocycles. The molecule has 0 aromatic heterocycles. The molecule has 5 aliphatic carbocycles. The second kappa shape index (κ2) is 8.07. The van der Waals surface area contributed by atoms with Gasteiger partial charge in [0.2, 0.25) is 0 Å². The highest BCUT2D eigenvalue weighted by Crippen LogP contribution is 2.75. The van der Waals surface area contributed by atoms with E-state index in [9.17, 15) is 15.0 Å². The van der Waals surface area contributed by atoms with Gasteiger partial charge in [0.15, 0.2) is 0 Å². The van der Waals surface area contributed by atoms with E-state index < -0.39 is 11.5 Å². The molecular formula is C32H52O4. The van der Waals surface area contributed by atoms with Crippen molar-refractivity contribution in [3.63, 3.8) is 0 Å². The van der Waals surface area contributed by atoms with E-state index in [4.69, 9.17) is 4.74 Å². The van der Waals surface area contributed by atoms with E-state index in [-0.39, 0.29) is 45.8 Å². The molecule has 2 N–H and O–H groups in total. The number of allylic oxidation sites excluding steroid dienone is 2. The second-order valence-electron chi connectivity index (χ2n) is 15.7. The van der Waals surface area contributed by atoms with Crippen LogP contribution in [0.5, 0.6) is 0 Å². The molecule has 0 aromatic carbocycles. The topological polar surface area (TPSA) is 66.8 Å². The number of fused-ring (bicyclic) bond motifs is 7. The van der Waals surface area contributed by atoms with Gasteiger partial charge in [0.25, 0.3) is 0 Å². The Bertz CT molecular complexity index is 954. The van der Waals surface area contributed by atoms with E-state index in [1.165, 1.54) is 0 Å². The van der Waals surface area contributed by atoms with Gasteiger partial charge in [-0.3, -0.25) is 4.79 Å². The Kier molecular flexibility index (Phi) is 5.99. The lowest BCUT2D eigenvalue weighted by molar-refractivity contribution is -0.219. The summed E-state index contributed by atoms with van der Waals surface area (Å²) in [5.74, 6) is 1.21. The second-order valence-corrected chi connectivity index (χ2v) is 15.7. The lowest BCUT2D eigenvalue weighted by Gasteiger charge is -2.71. The largest absolute Gasteiger partial charge is 0.462 e. The number of hydrogen-bond donors (Lipinski definition) is 2. The molecule has 0 heterocycles. The van der Waals surface area contributed by atoms with Gasteiger partial charge in [0, 0.05) is 17.8 Å². The van der Waals surface area contributed by atoms with Crippen LogP contribution in [0.4, 0.5) is 0 Å². The maximum absolute atomic E-state index is 12.1. The van der Waals surface area contributed by atoms with Crippen molar-refractivity contribution < 1.29 is 19.7 Å². The molecule has 204 valence electrons. The number of carbonyl (C=O) groups excluding carboxylic acids is 1. The molecule has 4 heteroatoms. The zero-order chi connectivity index (χ0) is 26.5. The number of rotatable bonds is 2. The van der Waals surface area contributed by atoms with Crippen molar-refractivity contribution in [1.29, 1.82) is 0 Å². The zero-order valence-corrected chi connectivity index (χ0v) is 24.2. The first kappa shape index (κ1) is 26.7. The van der Waals surface area contributed by atoms with Gasteiger partial charge in [-0.1, -0.05) is 60.1 Å². The summed E-state index contributed by atoms with van der Waals surface area (Å²) in [5.41, 5.74) is 1.85. The van der Waals surface area contributed by atoms with Crippen molar-refractivity contribution >= 4 is 5.97 Å². The molecule has 0 aliphatic heterocycles. The molecule has 2 unspecified atom stereocenters. The first-order chi connectivity index (χ1) is 16.6. The lowest BCUT2D eigenvalue weighted by atomic mass is 9.33. The molecular weight excluding hydrogens is 448 g/mol. The average molecular weight is 501 g/mol. The molecule has 4 fully saturated rings. The van der Waals surface area contributed by atoms with Crippen LogP contribution in [-0.4, -0.2) is 35.0 Å². The Hall–Kier alpha value is -0.870. The molecule has 36 heavy (non-hydrogen) atoms. The van der Waals surface area contributed by atoms with E-state index in [2.05, 4.69) is 54.5 Å². The third kappa shape index (κ3) is 3.34. The minimum atomic E-state index is -0.409. The number of ether oxygens (including phenoxy) is 1. The van der Waals surface area contributed by atoms with Crippen LogP contribution < -0.4 is 0 Å². The molecule has 0 radical (unpaired) electrons. The smallest absolute Gasteiger partial charge is 0.302 e. The predicted molar refractivity (Wildman–Crippen MR) is 143 cm³/mol. The molecule has 5 rings (SSSR count). The van der Waals surface area contributed by atoms with Crippen molar-refractivity contribution in [1.82, 2.24) is 0 Å². The summed E-state index contributed by atoms with van der Waals surface area (Å²) in [5, 5.41) is 21.4. The third-order valence-electron chi connectivity index (χ3n) is 13.5.